The number of rotatable bonds is 4. The van der Waals surface area contributed by atoms with Gasteiger partial charge in [-0.05, 0) is 75.4 Å². The second-order valence-electron chi connectivity index (χ2n) is 10.2. The fourth-order valence-electron chi connectivity index (χ4n) is 6.09. The lowest BCUT2D eigenvalue weighted by molar-refractivity contribution is -0.0656. The molecule has 2 aliphatic heterocycles. The van der Waals surface area contributed by atoms with Gasteiger partial charge >= 0.3 is 0 Å². The molecule has 0 radical (unpaired) electrons. The van der Waals surface area contributed by atoms with Crippen LogP contribution in [0.3, 0.4) is 0 Å². The van der Waals surface area contributed by atoms with E-state index < -0.39 is 5.60 Å². The van der Waals surface area contributed by atoms with Crippen LogP contribution in [0.25, 0.3) is 0 Å². The Morgan fingerprint density at radius 1 is 0.971 bits per heavy atom. The van der Waals surface area contributed by atoms with Crippen LogP contribution in [0, 0.1) is 17.7 Å². The van der Waals surface area contributed by atoms with Gasteiger partial charge in [0.25, 0.3) is 0 Å². The maximum atomic E-state index is 14.3. The molecule has 5 rings (SSSR count). The van der Waals surface area contributed by atoms with Gasteiger partial charge in [-0.1, -0.05) is 42.2 Å². The number of hydrogen-bond donors (Lipinski definition) is 2. The van der Waals surface area contributed by atoms with Crippen molar-refractivity contribution in [1.82, 2.24) is 9.80 Å². The number of hydrogen-bond acceptors (Lipinski definition) is 4. The molecule has 0 amide bonds. The smallest absolute Gasteiger partial charge is 0.127 e. The Hall–Kier alpha value is -2.23. The maximum absolute atomic E-state index is 14.3. The highest BCUT2D eigenvalue weighted by atomic mass is 19.1. The van der Waals surface area contributed by atoms with Crippen molar-refractivity contribution in [2.75, 3.05) is 26.2 Å². The Balaban J connectivity index is 1.32. The van der Waals surface area contributed by atoms with Gasteiger partial charge in [-0.3, -0.25) is 9.80 Å². The third-order valence-corrected chi connectivity index (χ3v) is 7.97. The molecular formula is C29H35FN2O2. The Kier molecular flexibility index (Phi) is 7.04. The molecule has 4 nitrogen and oxygen atoms in total. The number of aliphatic hydroxyl groups excluding tert-OH is 1. The quantitative estimate of drug-likeness (QED) is 0.677. The van der Waals surface area contributed by atoms with Crippen molar-refractivity contribution < 1.29 is 14.6 Å². The molecule has 3 aliphatic rings. The lowest BCUT2D eigenvalue weighted by Crippen LogP contribution is -2.67. The van der Waals surface area contributed by atoms with E-state index in [0.717, 1.165) is 69.3 Å². The summed E-state index contributed by atoms with van der Waals surface area (Å²) >= 11 is 0. The summed E-state index contributed by atoms with van der Waals surface area (Å²) < 4.78 is 14.3. The third-order valence-electron chi connectivity index (χ3n) is 7.97. The largest absolute Gasteiger partial charge is 0.395 e. The second-order valence-corrected chi connectivity index (χ2v) is 10.2. The highest BCUT2D eigenvalue weighted by Gasteiger charge is 2.49. The molecule has 34 heavy (non-hydrogen) atoms. The summed E-state index contributed by atoms with van der Waals surface area (Å²) in [6.45, 7) is 3.59. The maximum Gasteiger partial charge on any atom is 0.127 e. The number of halogens is 1. The minimum absolute atomic E-state index is 0.120. The molecule has 5 heteroatoms. The van der Waals surface area contributed by atoms with E-state index in [9.17, 15) is 14.6 Å². The summed E-state index contributed by atoms with van der Waals surface area (Å²) in [5.74, 6) is 6.35. The first-order chi connectivity index (χ1) is 16.6. The number of aliphatic hydroxyl groups is 2. The fraction of sp³-hybridized carbons (Fsp3) is 0.517. The zero-order valence-electron chi connectivity index (χ0n) is 19.8. The number of nitrogens with zero attached hydrogens (tertiary/aromatic N) is 2. The molecule has 3 atom stereocenters. The van der Waals surface area contributed by atoms with Gasteiger partial charge < -0.3 is 10.2 Å². The predicted octanol–water partition coefficient (Wildman–Crippen LogP) is 3.91. The van der Waals surface area contributed by atoms with Gasteiger partial charge in [0.2, 0.25) is 0 Å². The van der Waals surface area contributed by atoms with Crippen molar-refractivity contribution >= 4 is 0 Å². The Morgan fingerprint density at radius 2 is 1.71 bits per heavy atom. The van der Waals surface area contributed by atoms with Crippen molar-refractivity contribution in [2.45, 2.75) is 68.7 Å². The molecule has 2 aromatic carbocycles. The predicted molar refractivity (Wildman–Crippen MR) is 132 cm³/mol. The van der Waals surface area contributed by atoms with Crippen LogP contribution >= 0.6 is 0 Å². The van der Waals surface area contributed by atoms with E-state index in [1.54, 1.807) is 6.07 Å². The first kappa shape index (κ1) is 23.5. The van der Waals surface area contributed by atoms with Crippen molar-refractivity contribution in [3.8, 4) is 11.8 Å². The van der Waals surface area contributed by atoms with Gasteiger partial charge in [-0.15, -0.1) is 0 Å². The van der Waals surface area contributed by atoms with Gasteiger partial charge in [-0.2, -0.15) is 0 Å². The fourth-order valence-corrected chi connectivity index (χ4v) is 6.09. The Morgan fingerprint density at radius 3 is 2.44 bits per heavy atom. The molecule has 2 N–H and O–H groups in total. The van der Waals surface area contributed by atoms with Crippen LogP contribution < -0.4 is 0 Å². The average molecular weight is 463 g/mol. The SMILES string of the molecule is OC[C@H]1[C@@H](c2ccc(C#CC3(O)CCCC3)cc2)[C@@H]2CN(Cc3ccccc3F)CCCCN12. The summed E-state index contributed by atoms with van der Waals surface area (Å²) in [4.78, 5) is 4.82. The normalized spacial score (nSPS) is 27.1. The molecule has 3 fully saturated rings. The van der Waals surface area contributed by atoms with Crippen LogP contribution in [0.2, 0.25) is 0 Å². The first-order valence-electron chi connectivity index (χ1n) is 12.7. The summed E-state index contributed by atoms with van der Waals surface area (Å²) in [6, 6.07) is 15.8. The lowest BCUT2D eigenvalue weighted by atomic mass is 9.74. The highest BCUT2D eigenvalue weighted by molar-refractivity contribution is 5.40. The van der Waals surface area contributed by atoms with E-state index >= 15 is 0 Å². The molecule has 0 bridgehead atoms. The lowest BCUT2D eigenvalue weighted by Gasteiger charge is -2.57. The molecule has 2 heterocycles. The number of fused-ring (bicyclic) bond motifs is 1. The van der Waals surface area contributed by atoms with E-state index in [1.165, 1.54) is 11.6 Å². The zero-order chi connectivity index (χ0) is 23.5. The number of benzene rings is 2. The first-order valence-corrected chi connectivity index (χ1v) is 12.7. The van der Waals surface area contributed by atoms with Crippen LogP contribution in [0.4, 0.5) is 4.39 Å². The van der Waals surface area contributed by atoms with Crippen LogP contribution in [0.5, 0.6) is 0 Å². The van der Waals surface area contributed by atoms with Gasteiger partial charge in [0.05, 0.1) is 6.61 Å². The molecule has 0 unspecified atom stereocenters. The summed E-state index contributed by atoms with van der Waals surface area (Å²) in [5.41, 5.74) is 2.06. The van der Waals surface area contributed by atoms with E-state index in [4.69, 9.17) is 0 Å². The standard InChI is InChI=1S/C29H35FN2O2/c30-25-8-2-1-7-24(25)19-31-17-5-6-18-32-26(20-31)28(27(32)21-33)23-11-9-22(10-12-23)13-16-29(34)14-3-4-15-29/h1-2,7-12,26-28,33-34H,3-6,14-15,17-21H2/t26-,27-,28-/m0/s1. The minimum atomic E-state index is -0.824. The van der Waals surface area contributed by atoms with Gasteiger partial charge in [-0.25, -0.2) is 4.39 Å². The Bertz CT molecular complexity index is 1040. The molecule has 2 saturated heterocycles. The monoisotopic (exact) mass is 462 g/mol. The topological polar surface area (TPSA) is 46.9 Å². The summed E-state index contributed by atoms with van der Waals surface area (Å²) in [5, 5.41) is 20.7. The molecule has 2 aromatic rings. The van der Waals surface area contributed by atoms with Crippen LogP contribution in [0.15, 0.2) is 48.5 Å². The van der Waals surface area contributed by atoms with E-state index in [-0.39, 0.29) is 24.4 Å². The van der Waals surface area contributed by atoms with Crippen LogP contribution in [-0.2, 0) is 6.54 Å². The average Bonchev–Trinajstić information content (AvgIpc) is 3.27. The molecule has 1 aliphatic carbocycles. The molecule has 0 spiro atoms. The van der Waals surface area contributed by atoms with Gasteiger partial charge in [0.15, 0.2) is 0 Å². The molecular weight excluding hydrogens is 427 g/mol. The highest BCUT2D eigenvalue weighted by Crippen LogP contribution is 2.42. The van der Waals surface area contributed by atoms with Crippen molar-refractivity contribution in [2.24, 2.45) is 0 Å². The van der Waals surface area contributed by atoms with Crippen LogP contribution in [0.1, 0.15) is 61.1 Å². The summed E-state index contributed by atoms with van der Waals surface area (Å²) in [7, 11) is 0. The zero-order valence-corrected chi connectivity index (χ0v) is 19.8. The summed E-state index contributed by atoms with van der Waals surface area (Å²) in [6.07, 6.45) is 5.78. The van der Waals surface area contributed by atoms with Gasteiger partial charge in [0.1, 0.15) is 11.4 Å². The van der Waals surface area contributed by atoms with E-state index in [2.05, 4.69) is 33.8 Å². The molecule has 0 aromatic heterocycles. The van der Waals surface area contributed by atoms with Crippen molar-refractivity contribution in [3.63, 3.8) is 0 Å². The Labute approximate surface area is 202 Å². The van der Waals surface area contributed by atoms with E-state index in [0.29, 0.717) is 12.6 Å². The van der Waals surface area contributed by atoms with Crippen molar-refractivity contribution in [3.05, 3.63) is 71.0 Å². The van der Waals surface area contributed by atoms with Gasteiger partial charge in [0, 0.05) is 42.2 Å². The minimum Gasteiger partial charge on any atom is -0.395 e. The van der Waals surface area contributed by atoms with Crippen LogP contribution in [-0.4, -0.2) is 63.9 Å². The molecule has 180 valence electrons. The second kappa shape index (κ2) is 10.2. The van der Waals surface area contributed by atoms with E-state index in [1.807, 2.05) is 24.3 Å². The third kappa shape index (κ3) is 4.92. The molecule has 1 saturated carbocycles. The van der Waals surface area contributed by atoms with Crippen molar-refractivity contribution in [1.29, 1.82) is 0 Å².